The highest BCUT2D eigenvalue weighted by Crippen LogP contribution is 2.34. The number of benzene rings is 3. The summed E-state index contributed by atoms with van der Waals surface area (Å²) in [5.74, 6) is -0.817. The van der Waals surface area contributed by atoms with Crippen molar-refractivity contribution in [3.05, 3.63) is 94.5 Å². The number of halogens is 4. The number of hydrogen-bond acceptors (Lipinski definition) is 3. The van der Waals surface area contributed by atoms with Gasteiger partial charge < -0.3 is 16.0 Å². The number of carbonyl (C=O) groups excluding carboxylic acids is 2. The number of carbonyl (C=O) groups is 2. The van der Waals surface area contributed by atoms with E-state index in [-0.39, 0.29) is 22.7 Å². The maximum Gasteiger partial charge on any atom is 0.416 e. The molecule has 0 aromatic heterocycles. The van der Waals surface area contributed by atoms with E-state index in [0.29, 0.717) is 16.8 Å². The van der Waals surface area contributed by atoms with Crippen molar-refractivity contribution in [3.63, 3.8) is 0 Å². The molecule has 4 rings (SSSR count). The topological polar surface area (TPSA) is 70.2 Å². The molecule has 0 aliphatic heterocycles. The SMILES string of the molecule is O=C(NC1CC1)c1cccc(N[C@H](C(=O)Nc2cc(C(F)(F)F)ccc2Cl)c2ccccc2)c1. The van der Waals surface area contributed by atoms with Crippen LogP contribution in [0.2, 0.25) is 5.02 Å². The van der Waals surface area contributed by atoms with Crippen LogP contribution in [0.25, 0.3) is 0 Å². The van der Waals surface area contributed by atoms with Crippen molar-refractivity contribution in [3.8, 4) is 0 Å². The summed E-state index contributed by atoms with van der Waals surface area (Å²) in [5.41, 5.74) is 0.441. The van der Waals surface area contributed by atoms with Gasteiger partial charge in [0.15, 0.2) is 0 Å². The third-order valence-electron chi connectivity index (χ3n) is 5.29. The van der Waals surface area contributed by atoms with Gasteiger partial charge >= 0.3 is 6.18 Å². The molecule has 34 heavy (non-hydrogen) atoms. The lowest BCUT2D eigenvalue weighted by atomic mass is 10.0. The van der Waals surface area contributed by atoms with Crippen LogP contribution in [-0.4, -0.2) is 17.9 Å². The molecule has 0 bridgehead atoms. The van der Waals surface area contributed by atoms with Gasteiger partial charge in [0.25, 0.3) is 11.8 Å². The molecule has 3 aromatic rings. The van der Waals surface area contributed by atoms with Gasteiger partial charge in [-0.05, 0) is 54.8 Å². The molecule has 0 radical (unpaired) electrons. The molecule has 1 atom stereocenters. The second-order valence-corrected chi connectivity index (χ2v) is 8.41. The van der Waals surface area contributed by atoms with Crippen molar-refractivity contribution in [2.45, 2.75) is 31.1 Å². The third-order valence-corrected chi connectivity index (χ3v) is 5.62. The molecule has 3 N–H and O–H groups in total. The van der Waals surface area contributed by atoms with Crippen molar-refractivity contribution < 1.29 is 22.8 Å². The fourth-order valence-electron chi connectivity index (χ4n) is 3.36. The number of nitrogens with one attached hydrogen (secondary N) is 3. The van der Waals surface area contributed by atoms with E-state index in [9.17, 15) is 22.8 Å². The van der Waals surface area contributed by atoms with E-state index in [0.717, 1.165) is 31.0 Å². The van der Waals surface area contributed by atoms with Crippen LogP contribution in [0.5, 0.6) is 0 Å². The Morgan fingerprint density at radius 3 is 2.35 bits per heavy atom. The lowest BCUT2D eigenvalue weighted by Crippen LogP contribution is -2.28. The Morgan fingerprint density at radius 1 is 0.941 bits per heavy atom. The van der Waals surface area contributed by atoms with Crippen LogP contribution >= 0.6 is 11.6 Å². The molecule has 0 unspecified atom stereocenters. The Hall–Kier alpha value is -3.52. The second-order valence-electron chi connectivity index (χ2n) is 8.00. The Labute approximate surface area is 199 Å². The Morgan fingerprint density at radius 2 is 1.68 bits per heavy atom. The van der Waals surface area contributed by atoms with Gasteiger partial charge in [0.05, 0.1) is 16.3 Å². The molecule has 2 amide bonds. The van der Waals surface area contributed by atoms with Crippen LogP contribution in [-0.2, 0) is 11.0 Å². The van der Waals surface area contributed by atoms with Gasteiger partial charge in [0.2, 0.25) is 0 Å². The number of anilines is 2. The largest absolute Gasteiger partial charge is 0.416 e. The zero-order chi connectivity index (χ0) is 24.3. The van der Waals surface area contributed by atoms with Crippen molar-refractivity contribution in [2.75, 3.05) is 10.6 Å². The molecule has 1 aliphatic carbocycles. The number of amides is 2. The molecular weight excluding hydrogens is 467 g/mol. The van der Waals surface area contributed by atoms with Crippen molar-refractivity contribution in [2.24, 2.45) is 0 Å². The minimum atomic E-state index is -4.58. The van der Waals surface area contributed by atoms with Crippen molar-refractivity contribution in [1.29, 1.82) is 0 Å². The van der Waals surface area contributed by atoms with Gasteiger partial charge in [-0.25, -0.2) is 0 Å². The van der Waals surface area contributed by atoms with E-state index < -0.39 is 23.7 Å². The zero-order valence-electron chi connectivity index (χ0n) is 17.8. The summed E-state index contributed by atoms with van der Waals surface area (Å²) in [4.78, 5) is 25.6. The minimum Gasteiger partial charge on any atom is -0.370 e. The molecule has 5 nitrogen and oxygen atoms in total. The first-order valence-corrected chi connectivity index (χ1v) is 11.0. The maximum atomic E-state index is 13.2. The van der Waals surface area contributed by atoms with Crippen LogP contribution in [0, 0.1) is 0 Å². The fraction of sp³-hybridized carbons (Fsp3) is 0.200. The Kier molecular flexibility index (Phi) is 6.79. The van der Waals surface area contributed by atoms with E-state index in [2.05, 4.69) is 16.0 Å². The monoisotopic (exact) mass is 487 g/mol. The molecule has 1 fully saturated rings. The molecule has 9 heteroatoms. The van der Waals surface area contributed by atoms with E-state index in [1.807, 2.05) is 0 Å². The predicted octanol–water partition coefficient (Wildman–Crippen LogP) is 6.04. The van der Waals surface area contributed by atoms with Crippen LogP contribution < -0.4 is 16.0 Å². The standard InChI is InChI=1S/C25H21ClF3N3O2/c26-20-12-9-17(25(27,28)29)14-21(20)32-24(34)22(15-5-2-1-3-6-15)30-19-8-4-7-16(13-19)23(33)31-18-10-11-18/h1-9,12-14,18,22,30H,10-11H2,(H,31,33)(H,32,34)/t22-/m0/s1. The maximum absolute atomic E-state index is 13.2. The van der Waals surface area contributed by atoms with Gasteiger partial charge in [-0.3, -0.25) is 9.59 Å². The number of rotatable bonds is 7. The Bertz CT molecular complexity index is 1200. The van der Waals surface area contributed by atoms with Crippen LogP contribution in [0.1, 0.15) is 40.4 Å². The number of hydrogen-bond donors (Lipinski definition) is 3. The lowest BCUT2D eigenvalue weighted by molar-refractivity contribution is -0.137. The van der Waals surface area contributed by atoms with Gasteiger partial charge in [-0.15, -0.1) is 0 Å². The van der Waals surface area contributed by atoms with E-state index in [4.69, 9.17) is 11.6 Å². The smallest absolute Gasteiger partial charge is 0.370 e. The summed E-state index contributed by atoms with van der Waals surface area (Å²) in [6.45, 7) is 0. The average Bonchev–Trinajstić information content (AvgIpc) is 3.63. The molecule has 0 spiro atoms. The summed E-state index contributed by atoms with van der Waals surface area (Å²) in [5, 5.41) is 8.47. The van der Waals surface area contributed by atoms with E-state index in [1.54, 1.807) is 54.6 Å². The summed E-state index contributed by atoms with van der Waals surface area (Å²) < 4.78 is 39.4. The molecule has 1 aliphatic rings. The zero-order valence-corrected chi connectivity index (χ0v) is 18.6. The van der Waals surface area contributed by atoms with E-state index in [1.165, 1.54) is 0 Å². The number of alkyl halides is 3. The first kappa shape index (κ1) is 23.6. The van der Waals surface area contributed by atoms with Crippen molar-refractivity contribution >= 4 is 34.8 Å². The summed E-state index contributed by atoms with van der Waals surface area (Å²) in [6, 6.07) is 17.4. The molecule has 3 aromatic carbocycles. The quantitative estimate of drug-likeness (QED) is 0.380. The molecule has 176 valence electrons. The lowest BCUT2D eigenvalue weighted by Gasteiger charge is -2.21. The van der Waals surface area contributed by atoms with Gasteiger partial charge in [0.1, 0.15) is 6.04 Å². The third kappa shape index (κ3) is 5.88. The van der Waals surface area contributed by atoms with Gasteiger partial charge in [-0.1, -0.05) is 48.0 Å². The van der Waals surface area contributed by atoms with Crippen molar-refractivity contribution in [1.82, 2.24) is 5.32 Å². The first-order chi connectivity index (χ1) is 16.2. The minimum absolute atomic E-state index is 0.0214. The molecule has 0 heterocycles. The second kappa shape index (κ2) is 9.77. The van der Waals surface area contributed by atoms with E-state index >= 15 is 0 Å². The predicted molar refractivity (Wildman–Crippen MR) is 125 cm³/mol. The highest BCUT2D eigenvalue weighted by Gasteiger charge is 2.31. The molecular formula is C25H21ClF3N3O2. The first-order valence-electron chi connectivity index (χ1n) is 10.6. The van der Waals surface area contributed by atoms with Crippen LogP contribution in [0.3, 0.4) is 0 Å². The normalized spacial score (nSPS) is 14.2. The van der Waals surface area contributed by atoms with Crippen LogP contribution in [0.4, 0.5) is 24.5 Å². The summed E-state index contributed by atoms with van der Waals surface area (Å²) in [7, 11) is 0. The van der Waals surface area contributed by atoms with Gasteiger partial charge in [0, 0.05) is 17.3 Å². The summed E-state index contributed by atoms with van der Waals surface area (Å²) in [6.07, 6.45) is -2.67. The van der Waals surface area contributed by atoms with Gasteiger partial charge in [-0.2, -0.15) is 13.2 Å². The highest BCUT2D eigenvalue weighted by molar-refractivity contribution is 6.33. The van der Waals surface area contributed by atoms with Crippen LogP contribution in [0.15, 0.2) is 72.8 Å². The summed E-state index contributed by atoms with van der Waals surface area (Å²) >= 11 is 6.06. The average molecular weight is 488 g/mol. The molecule has 1 saturated carbocycles. The molecule has 0 saturated heterocycles. The Balaban J connectivity index is 1.59. The fourth-order valence-corrected chi connectivity index (χ4v) is 3.53. The highest BCUT2D eigenvalue weighted by atomic mass is 35.5.